The van der Waals surface area contributed by atoms with Crippen molar-refractivity contribution < 1.29 is 13.9 Å². The van der Waals surface area contributed by atoms with Crippen LogP contribution >= 0.6 is 0 Å². The number of hydrogen-bond donors (Lipinski definition) is 2. The van der Waals surface area contributed by atoms with Gasteiger partial charge in [-0.05, 0) is 64.7 Å². The van der Waals surface area contributed by atoms with Crippen molar-refractivity contribution in [1.29, 1.82) is 0 Å². The second-order valence-electron chi connectivity index (χ2n) is 9.69. The molecule has 1 aliphatic carbocycles. The summed E-state index contributed by atoms with van der Waals surface area (Å²) in [5.41, 5.74) is 0.625. The Morgan fingerprint density at radius 2 is 1.83 bits per heavy atom. The zero-order valence-electron chi connectivity index (χ0n) is 20.1. The fraction of sp³-hybridized carbons (Fsp3) is 0.385. The van der Waals surface area contributed by atoms with E-state index >= 15 is 0 Å². The number of hydrogen-bond acceptors (Lipinski definition) is 6. The summed E-state index contributed by atoms with van der Waals surface area (Å²) in [4.78, 5) is 32.7. The molecular weight excluding hydrogens is 449 g/mol. The van der Waals surface area contributed by atoms with E-state index in [-0.39, 0.29) is 23.3 Å². The predicted octanol–water partition coefficient (Wildman–Crippen LogP) is 4.68. The molecule has 9 heteroatoms. The number of aromatic nitrogens is 3. The van der Waals surface area contributed by atoms with E-state index in [0.717, 1.165) is 31.9 Å². The van der Waals surface area contributed by atoms with Gasteiger partial charge in [-0.25, -0.2) is 19.2 Å². The minimum absolute atomic E-state index is 0.0525. The first kappa shape index (κ1) is 24.4. The lowest BCUT2D eigenvalue weighted by atomic mass is 9.91. The summed E-state index contributed by atoms with van der Waals surface area (Å²) in [6.07, 6.45) is 5.62. The lowest BCUT2D eigenvalue weighted by Crippen LogP contribution is -2.42. The van der Waals surface area contributed by atoms with Gasteiger partial charge in [0.15, 0.2) is 5.82 Å². The number of nitrogens with one attached hydrogen (secondary N) is 2. The molecule has 0 unspecified atom stereocenters. The van der Waals surface area contributed by atoms with Crippen molar-refractivity contribution in [3.8, 4) is 16.9 Å². The van der Waals surface area contributed by atoms with Gasteiger partial charge in [-0.1, -0.05) is 18.2 Å². The van der Waals surface area contributed by atoms with Gasteiger partial charge in [0.1, 0.15) is 11.3 Å². The maximum Gasteiger partial charge on any atom is 0.407 e. The number of rotatable bonds is 5. The van der Waals surface area contributed by atoms with Crippen molar-refractivity contribution in [3.63, 3.8) is 0 Å². The van der Waals surface area contributed by atoms with Crippen LogP contribution < -0.4 is 16.2 Å². The second-order valence-corrected chi connectivity index (χ2v) is 9.69. The molecule has 2 aromatic heterocycles. The van der Waals surface area contributed by atoms with Crippen molar-refractivity contribution in [2.45, 2.75) is 64.1 Å². The SMILES string of the molecule is CC(C)(C)OC(=O)NC1CCC(Nc2ncc(F)c(-c3cccc(-n4ccccc4=O)c3)n2)CC1. The molecule has 1 amide bonds. The van der Waals surface area contributed by atoms with Crippen LogP contribution in [-0.2, 0) is 4.74 Å². The van der Waals surface area contributed by atoms with Crippen molar-refractivity contribution >= 4 is 12.0 Å². The van der Waals surface area contributed by atoms with Crippen LogP contribution in [0, 0.1) is 5.82 Å². The molecule has 3 aromatic rings. The highest BCUT2D eigenvalue weighted by molar-refractivity contribution is 5.68. The lowest BCUT2D eigenvalue weighted by Gasteiger charge is -2.30. The zero-order valence-corrected chi connectivity index (χ0v) is 20.1. The summed E-state index contributed by atoms with van der Waals surface area (Å²) in [5.74, 6) is -0.203. The van der Waals surface area contributed by atoms with Crippen LogP contribution in [0.5, 0.6) is 0 Å². The van der Waals surface area contributed by atoms with E-state index in [1.807, 2.05) is 20.8 Å². The number of halogens is 1. The van der Waals surface area contributed by atoms with Crippen LogP contribution in [0.15, 0.2) is 59.7 Å². The topological polar surface area (TPSA) is 98.1 Å². The third-order valence-corrected chi connectivity index (χ3v) is 5.75. The van der Waals surface area contributed by atoms with E-state index in [9.17, 15) is 14.0 Å². The maximum absolute atomic E-state index is 14.7. The highest BCUT2D eigenvalue weighted by Crippen LogP contribution is 2.26. The van der Waals surface area contributed by atoms with Gasteiger partial charge in [-0.15, -0.1) is 0 Å². The van der Waals surface area contributed by atoms with Gasteiger partial charge in [0.25, 0.3) is 5.56 Å². The number of ether oxygens (including phenoxy) is 1. The summed E-state index contributed by atoms with van der Waals surface area (Å²) >= 11 is 0. The van der Waals surface area contributed by atoms with Crippen molar-refractivity contribution in [2.75, 3.05) is 5.32 Å². The molecule has 184 valence electrons. The lowest BCUT2D eigenvalue weighted by molar-refractivity contribution is 0.0492. The van der Waals surface area contributed by atoms with Gasteiger partial charge in [0, 0.05) is 35.6 Å². The molecule has 4 rings (SSSR count). The standard InChI is InChI=1S/C26H30FN5O3/c1-26(2,3)35-25(34)30-19-12-10-18(11-13-19)29-24-28-16-21(27)23(31-24)17-7-6-8-20(15-17)32-14-5-4-9-22(32)33/h4-9,14-16,18-19H,10-13H2,1-3H3,(H,30,34)(H,28,29,31). The number of nitrogens with zero attached hydrogens (tertiary/aromatic N) is 3. The van der Waals surface area contributed by atoms with E-state index in [4.69, 9.17) is 4.74 Å². The molecule has 0 saturated heterocycles. The summed E-state index contributed by atoms with van der Waals surface area (Å²) in [6.45, 7) is 5.51. The largest absolute Gasteiger partial charge is 0.444 e. The van der Waals surface area contributed by atoms with E-state index in [1.165, 1.54) is 10.6 Å². The number of alkyl carbamates (subject to hydrolysis) is 1. The predicted molar refractivity (Wildman–Crippen MR) is 132 cm³/mol. The molecule has 1 fully saturated rings. The Bertz CT molecular complexity index is 1250. The zero-order chi connectivity index (χ0) is 25.0. The number of pyridine rings is 1. The van der Waals surface area contributed by atoms with E-state index < -0.39 is 17.5 Å². The second kappa shape index (κ2) is 10.2. The molecule has 0 bridgehead atoms. The van der Waals surface area contributed by atoms with E-state index in [1.54, 1.807) is 42.6 Å². The molecule has 8 nitrogen and oxygen atoms in total. The van der Waals surface area contributed by atoms with Crippen LogP contribution in [0.2, 0.25) is 0 Å². The summed E-state index contributed by atoms with van der Waals surface area (Å²) in [6, 6.07) is 12.1. The third kappa shape index (κ3) is 6.44. The normalized spacial score (nSPS) is 18.1. The summed E-state index contributed by atoms with van der Waals surface area (Å²) in [7, 11) is 0. The van der Waals surface area contributed by atoms with E-state index in [2.05, 4.69) is 20.6 Å². The van der Waals surface area contributed by atoms with Crippen molar-refractivity contribution in [2.24, 2.45) is 0 Å². The van der Waals surface area contributed by atoms with Crippen molar-refractivity contribution in [1.82, 2.24) is 19.9 Å². The molecule has 0 atom stereocenters. The van der Waals surface area contributed by atoms with Crippen LogP contribution in [0.3, 0.4) is 0 Å². The van der Waals surface area contributed by atoms with E-state index in [0.29, 0.717) is 17.2 Å². The first-order chi connectivity index (χ1) is 16.7. The number of amides is 1. The molecule has 1 aromatic carbocycles. The summed E-state index contributed by atoms with van der Waals surface area (Å²) in [5, 5.41) is 6.22. The Morgan fingerprint density at radius 1 is 1.09 bits per heavy atom. The summed E-state index contributed by atoms with van der Waals surface area (Å²) < 4.78 is 21.5. The molecule has 2 N–H and O–H groups in total. The van der Waals surface area contributed by atoms with Crippen LogP contribution in [0.1, 0.15) is 46.5 Å². The van der Waals surface area contributed by atoms with Crippen LogP contribution in [-0.4, -0.2) is 38.3 Å². The van der Waals surface area contributed by atoms with Crippen LogP contribution in [0.4, 0.5) is 15.1 Å². The highest BCUT2D eigenvalue weighted by atomic mass is 19.1. The maximum atomic E-state index is 14.7. The van der Waals surface area contributed by atoms with Crippen molar-refractivity contribution in [3.05, 3.63) is 71.0 Å². The van der Waals surface area contributed by atoms with Gasteiger partial charge in [0.2, 0.25) is 5.95 Å². The van der Waals surface area contributed by atoms with Gasteiger partial charge in [-0.2, -0.15) is 0 Å². The highest BCUT2D eigenvalue weighted by Gasteiger charge is 2.25. The monoisotopic (exact) mass is 479 g/mol. The Kier molecular flexibility index (Phi) is 7.14. The quantitative estimate of drug-likeness (QED) is 0.551. The Hall–Kier alpha value is -3.75. The minimum atomic E-state index is -0.543. The molecule has 1 saturated carbocycles. The minimum Gasteiger partial charge on any atom is -0.444 e. The Balaban J connectivity index is 1.42. The van der Waals surface area contributed by atoms with Gasteiger partial charge >= 0.3 is 6.09 Å². The van der Waals surface area contributed by atoms with Gasteiger partial charge < -0.3 is 15.4 Å². The number of anilines is 1. The first-order valence-electron chi connectivity index (χ1n) is 11.7. The van der Waals surface area contributed by atoms with Gasteiger partial charge in [0.05, 0.1) is 6.20 Å². The average Bonchev–Trinajstić information content (AvgIpc) is 2.81. The number of carbonyl (C=O) groups is 1. The third-order valence-electron chi connectivity index (χ3n) is 5.75. The molecule has 0 spiro atoms. The number of carbonyl (C=O) groups excluding carboxylic acids is 1. The molecule has 2 heterocycles. The molecule has 35 heavy (non-hydrogen) atoms. The smallest absolute Gasteiger partial charge is 0.407 e. The Morgan fingerprint density at radius 3 is 2.54 bits per heavy atom. The fourth-order valence-electron chi connectivity index (χ4n) is 4.12. The first-order valence-corrected chi connectivity index (χ1v) is 11.7. The fourth-order valence-corrected chi connectivity index (χ4v) is 4.12. The van der Waals surface area contributed by atoms with Gasteiger partial charge in [-0.3, -0.25) is 9.36 Å². The number of benzene rings is 1. The Labute approximate surface area is 203 Å². The molecular formula is C26H30FN5O3. The van der Waals surface area contributed by atoms with Crippen LogP contribution in [0.25, 0.3) is 16.9 Å². The molecule has 0 aliphatic heterocycles. The molecule has 1 aliphatic rings. The molecule has 0 radical (unpaired) electrons. The average molecular weight is 480 g/mol.